The summed E-state index contributed by atoms with van der Waals surface area (Å²) in [4.78, 5) is 27.6. The fraction of sp³-hybridized carbons (Fsp3) is 0.417. The Balaban J connectivity index is 1.83. The van der Waals surface area contributed by atoms with Crippen LogP contribution in [0, 0.1) is 5.92 Å². The highest BCUT2D eigenvalue weighted by Gasteiger charge is 2.28. The standard InChI is InChI=1S/C24H31N3O4S/c1-4-26(5-2)24(29)21-11-6-7-12-22(21)25-23(28)19-9-8-10-20(17-19)32(30,31)27-15-13-18(3)14-16-27/h6-12,17-18H,4-5,13-16H2,1-3H3,(H,25,28). The molecule has 1 heterocycles. The molecule has 2 amide bonds. The number of piperidine rings is 1. The third-order valence-electron chi connectivity index (χ3n) is 5.93. The van der Waals surface area contributed by atoms with Crippen molar-refractivity contribution >= 4 is 27.5 Å². The number of amides is 2. The molecule has 8 heteroatoms. The van der Waals surface area contributed by atoms with Gasteiger partial charge in [-0.1, -0.05) is 25.1 Å². The number of anilines is 1. The van der Waals surface area contributed by atoms with Crippen LogP contribution in [0.4, 0.5) is 5.69 Å². The molecule has 2 aromatic rings. The lowest BCUT2D eigenvalue weighted by molar-refractivity contribution is 0.0774. The van der Waals surface area contributed by atoms with Gasteiger partial charge in [0.05, 0.1) is 16.1 Å². The third-order valence-corrected chi connectivity index (χ3v) is 7.83. The third kappa shape index (κ3) is 5.19. The Morgan fingerprint density at radius 3 is 2.34 bits per heavy atom. The van der Waals surface area contributed by atoms with Gasteiger partial charge in [0.1, 0.15) is 0 Å². The van der Waals surface area contributed by atoms with Gasteiger partial charge in [-0.15, -0.1) is 0 Å². The van der Waals surface area contributed by atoms with Gasteiger partial charge in [-0.05, 0) is 62.9 Å². The van der Waals surface area contributed by atoms with Crippen LogP contribution in [0.15, 0.2) is 53.4 Å². The van der Waals surface area contributed by atoms with E-state index in [4.69, 9.17) is 0 Å². The van der Waals surface area contributed by atoms with Crippen LogP contribution in [0.5, 0.6) is 0 Å². The van der Waals surface area contributed by atoms with Gasteiger partial charge in [0.15, 0.2) is 0 Å². The van der Waals surface area contributed by atoms with E-state index in [1.54, 1.807) is 41.3 Å². The highest BCUT2D eigenvalue weighted by atomic mass is 32.2. The van der Waals surface area contributed by atoms with Gasteiger partial charge in [-0.3, -0.25) is 9.59 Å². The van der Waals surface area contributed by atoms with Crippen LogP contribution in [0.2, 0.25) is 0 Å². The second-order valence-corrected chi connectivity index (χ2v) is 10.0. The van der Waals surface area contributed by atoms with Gasteiger partial charge in [-0.25, -0.2) is 8.42 Å². The lowest BCUT2D eigenvalue weighted by atomic mass is 10.0. The molecule has 3 rings (SSSR count). The van der Waals surface area contributed by atoms with Crippen molar-refractivity contribution in [2.24, 2.45) is 5.92 Å². The van der Waals surface area contributed by atoms with Gasteiger partial charge >= 0.3 is 0 Å². The van der Waals surface area contributed by atoms with Crippen molar-refractivity contribution in [2.75, 3.05) is 31.5 Å². The molecule has 1 fully saturated rings. The summed E-state index contributed by atoms with van der Waals surface area (Å²) in [5.74, 6) is -0.117. The molecule has 0 bridgehead atoms. The summed E-state index contributed by atoms with van der Waals surface area (Å²) in [5.41, 5.74) is 1.02. The predicted molar refractivity (Wildman–Crippen MR) is 125 cm³/mol. The minimum atomic E-state index is -3.66. The van der Waals surface area contributed by atoms with Crippen molar-refractivity contribution in [1.82, 2.24) is 9.21 Å². The maximum Gasteiger partial charge on any atom is 0.255 e. The van der Waals surface area contributed by atoms with Crippen LogP contribution in [0.1, 0.15) is 54.3 Å². The van der Waals surface area contributed by atoms with E-state index in [1.165, 1.54) is 16.4 Å². The molecular weight excluding hydrogens is 426 g/mol. The molecule has 32 heavy (non-hydrogen) atoms. The minimum Gasteiger partial charge on any atom is -0.339 e. The van der Waals surface area contributed by atoms with Crippen LogP contribution in [0.3, 0.4) is 0 Å². The van der Waals surface area contributed by atoms with E-state index in [1.807, 2.05) is 13.8 Å². The molecule has 1 N–H and O–H groups in total. The Hall–Kier alpha value is -2.71. The molecule has 0 atom stereocenters. The van der Waals surface area contributed by atoms with Crippen LogP contribution < -0.4 is 5.32 Å². The van der Waals surface area contributed by atoms with Gasteiger partial charge in [0.2, 0.25) is 10.0 Å². The number of para-hydroxylation sites is 1. The van der Waals surface area contributed by atoms with E-state index < -0.39 is 15.9 Å². The number of nitrogens with one attached hydrogen (secondary N) is 1. The number of sulfonamides is 1. The Kier molecular flexibility index (Phi) is 7.69. The maximum atomic E-state index is 13.1. The van der Waals surface area contributed by atoms with Crippen molar-refractivity contribution < 1.29 is 18.0 Å². The zero-order valence-corrected chi connectivity index (χ0v) is 19.7. The normalized spacial score (nSPS) is 15.3. The fourth-order valence-electron chi connectivity index (χ4n) is 3.83. The molecule has 0 unspecified atom stereocenters. The van der Waals surface area contributed by atoms with Crippen LogP contribution in [-0.2, 0) is 10.0 Å². The first-order valence-corrected chi connectivity index (χ1v) is 12.5. The second-order valence-electron chi connectivity index (χ2n) is 8.09. The average molecular weight is 458 g/mol. The lowest BCUT2D eigenvalue weighted by Crippen LogP contribution is -2.37. The first-order chi connectivity index (χ1) is 15.3. The summed E-state index contributed by atoms with van der Waals surface area (Å²) in [5, 5.41) is 2.78. The molecule has 1 saturated heterocycles. The van der Waals surface area contributed by atoms with Crippen molar-refractivity contribution in [2.45, 2.75) is 38.5 Å². The van der Waals surface area contributed by atoms with E-state index in [2.05, 4.69) is 12.2 Å². The summed E-state index contributed by atoms with van der Waals surface area (Å²) in [6.45, 7) is 8.02. The summed E-state index contributed by atoms with van der Waals surface area (Å²) in [7, 11) is -3.66. The van der Waals surface area contributed by atoms with Gasteiger partial charge < -0.3 is 10.2 Å². The zero-order valence-electron chi connectivity index (χ0n) is 18.9. The van der Waals surface area contributed by atoms with Crippen molar-refractivity contribution in [1.29, 1.82) is 0 Å². The molecule has 2 aromatic carbocycles. The van der Waals surface area contributed by atoms with Crippen LogP contribution in [0.25, 0.3) is 0 Å². The smallest absolute Gasteiger partial charge is 0.255 e. The Bertz CT molecular complexity index is 1070. The van der Waals surface area contributed by atoms with Gasteiger partial charge in [0, 0.05) is 31.7 Å². The molecular formula is C24H31N3O4S. The van der Waals surface area contributed by atoms with Crippen molar-refractivity contribution in [3.05, 3.63) is 59.7 Å². The monoisotopic (exact) mass is 457 g/mol. The van der Waals surface area contributed by atoms with E-state index in [9.17, 15) is 18.0 Å². The summed E-state index contributed by atoms with van der Waals surface area (Å²) in [6, 6.07) is 12.9. The first-order valence-electron chi connectivity index (χ1n) is 11.1. The summed E-state index contributed by atoms with van der Waals surface area (Å²) >= 11 is 0. The maximum absolute atomic E-state index is 13.1. The highest BCUT2D eigenvalue weighted by Crippen LogP contribution is 2.25. The number of carbonyl (C=O) groups is 2. The molecule has 0 aromatic heterocycles. The molecule has 7 nitrogen and oxygen atoms in total. The van der Waals surface area contributed by atoms with E-state index in [0.29, 0.717) is 43.3 Å². The van der Waals surface area contributed by atoms with Gasteiger partial charge in [0.25, 0.3) is 11.8 Å². The molecule has 1 aliphatic heterocycles. The van der Waals surface area contributed by atoms with Crippen molar-refractivity contribution in [3.8, 4) is 0 Å². The fourth-order valence-corrected chi connectivity index (χ4v) is 5.34. The average Bonchev–Trinajstić information content (AvgIpc) is 2.80. The van der Waals surface area contributed by atoms with Crippen LogP contribution >= 0.6 is 0 Å². The van der Waals surface area contributed by atoms with Crippen LogP contribution in [-0.4, -0.2) is 55.6 Å². The lowest BCUT2D eigenvalue weighted by Gasteiger charge is -2.29. The Morgan fingerprint density at radius 2 is 1.69 bits per heavy atom. The molecule has 172 valence electrons. The number of carbonyl (C=O) groups excluding carboxylic acids is 2. The topological polar surface area (TPSA) is 86.8 Å². The minimum absolute atomic E-state index is 0.104. The number of hydrogen-bond donors (Lipinski definition) is 1. The largest absolute Gasteiger partial charge is 0.339 e. The van der Waals surface area contributed by atoms with Crippen molar-refractivity contribution in [3.63, 3.8) is 0 Å². The zero-order chi connectivity index (χ0) is 23.3. The Morgan fingerprint density at radius 1 is 1.03 bits per heavy atom. The van der Waals surface area contributed by atoms with E-state index in [-0.39, 0.29) is 16.4 Å². The summed E-state index contributed by atoms with van der Waals surface area (Å²) in [6.07, 6.45) is 1.66. The molecule has 1 aliphatic rings. The Labute approximate surface area is 190 Å². The second kappa shape index (κ2) is 10.3. The summed E-state index contributed by atoms with van der Waals surface area (Å²) < 4.78 is 27.6. The number of nitrogens with zero attached hydrogens (tertiary/aromatic N) is 2. The molecule has 0 aliphatic carbocycles. The highest BCUT2D eigenvalue weighted by molar-refractivity contribution is 7.89. The predicted octanol–water partition coefficient (Wildman–Crippen LogP) is 3.84. The molecule has 0 saturated carbocycles. The molecule has 0 radical (unpaired) electrons. The number of hydrogen-bond acceptors (Lipinski definition) is 4. The first kappa shape index (κ1) is 23.9. The van der Waals surface area contributed by atoms with E-state index >= 15 is 0 Å². The molecule has 0 spiro atoms. The number of rotatable bonds is 7. The number of benzene rings is 2. The quantitative estimate of drug-likeness (QED) is 0.684. The van der Waals surface area contributed by atoms with Gasteiger partial charge in [-0.2, -0.15) is 4.31 Å². The SMILES string of the molecule is CCN(CC)C(=O)c1ccccc1NC(=O)c1cccc(S(=O)(=O)N2CCC(C)CC2)c1. The van der Waals surface area contributed by atoms with E-state index in [0.717, 1.165) is 12.8 Å².